The Morgan fingerprint density at radius 2 is 1.96 bits per heavy atom. The summed E-state index contributed by atoms with van der Waals surface area (Å²) in [5.41, 5.74) is 0.949. The average molecular weight is 348 g/mol. The van der Waals surface area contributed by atoms with Crippen LogP contribution in [0.15, 0.2) is 18.2 Å². The molecule has 0 saturated carbocycles. The van der Waals surface area contributed by atoms with Crippen molar-refractivity contribution in [3.05, 3.63) is 33.9 Å². The molecule has 1 amide bonds. The van der Waals surface area contributed by atoms with Crippen LogP contribution >= 0.6 is 0 Å². The highest BCUT2D eigenvalue weighted by molar-refractivity contribution is 5.96. The zero-order chi connectivity index (χ0) is 18.0. The second-order valence-electron chi connectivity index (χ2n) is 6.65. The number of likely N-dealkylation sites (tertiary alicyclic amines) is 1. The van der Waals surface area contributed by atoms with Gasteiger partial charge in [-0.2, -0.15) is 0 Å². The summed E-state index contributed by atoms with van der Waals surface area (Å²) in [5, 5.41) is 11.5. The van der Waals surface area contributed by atoms with Crippen LogP contribution in [-0.2, 0) is 4.74 Å². The average Bonchev–Trinajstić information content (AvgIpc) is 3.10. The van der Waals surface area contributed by atoms with Crippen molar-refractivity contribution in [1.82, 2.24) is 9.80 Å². The monoisotopic (exact) mass is 348 g/mol. The topological polar surface area (TPSA) is 79.2 Å². The quantitative estimate of drug-likeness (QED) is 0.601. The Balaban J connectivity index is 1.82. The largest absolute Gasteiger partial charge is 0.380 e. The van der Waals surface area contributed by atoms with E-state index in [-0.39, 0.29) is 17.7 Å². The lowest BCUT2D eigenvalue weighted by atomic mass is 10.1. The smallest absolute Gasteiger partial charge is 0.293 e. The highest BCUT2D eigenvalue weighted by Crippen LogP contribution is 2.31. The summed E-state index contributed by atoms with van der Waals surface area (Å²) in [6, 6.07) is 4.82. The maximum absolute atomic E-state index is 12.6. The molecule has 2 aliphatic rings. The van der Waals surface area contributed by atoms with Gasteiger partial charge < -0.3 is 19.4 Å². The standard InChI is InChI=1S/C17H24N4O4/c1-18-7-9-19(10-8-18)15-4-3-13(11-16(15)21(23)24)17(22)20-6-5-14(12-20)25-2/h3-4,11,14H,5-10,12H2,1-2H3. The first-order chi connectivity index (χ1) is 12.0. The molecule has 2 fully saturated rings. The zero-order valence-corrected chi connectivity index (χ0v) is 14.7. The molecule has 1 unspecified atom stereocenters. The van der Waals surface area contributed by atoms with Gasteiger partial charge in [0.25, 0.3) is 11.6 Å². The van der Waals surface area contributed by atoms with Crippen molar-refractivity contribution in [1.29, 1.82) is 0 Å². The molecule has 2 saturated heterocycles. The number of methoxy groups -OCH3 is 1. The minimum Gasteiger partial charge on any atom is -0.380 e. The number of anilines is 1. The molecule has 0 aliphatic carbocycles. The van der Waals surface area contributed by atoms with Gasteiger partial charge in [-0.1, -0.05) is 0 Å². The maximum atomic E-state index is 12.6. The highest BCUT2D eigenvalue weighted by Gasteiger charge is 2.29. The van der Waals surface area contributed by atoms with Crippen LogP contribution in [0.1, 0.15) is 16.8 Å². The number of ether oxygens (including phenoxy) is 1. The van der Waals surface area contributed by atoms with E-state index in [1.165, 1.54) is 6.07 Å². The van der Waals surface area contributed by atoms with E-state index in [1.54, 1.807) is 24.1 Å². The van der Waals surface area contributed by atoms with E-state index < -0.39 is 4.92 Å². The molecule has 25 heavy (non-hydrogen) atoms. The third kappa shape index (κ3) is 3.74. The van der Waals surface area contributed by atoms with Crippen molar-refractivity contribution in [2.75, 3.05) is 58.3 Å². The van der Waals surface area contributed by atoms with E-state index in [2.05, 4.69) is 4.90 Å². The van der Waals surface area contributed by atoms with Gasteiger partial charge in [0.1, 0.15) is 5.69 Å². The molecular weight excluding hydrogens is 324 g/mol. The molecule has 136 valence electrons. The summed E-state index contributed by atoms with van der Waals surface area (Å²) in [6.45, 7) is 4.36. The normalized spacial score (nSPS) is 21.6. The number of amides is 1. The molecule has 8 heteroatoms. The third-order valence-corrected chi connectivity index (χ3v) is 5.03. The van der Waals surface area contributed by atoms with Gasteiger partial charge in [0.15, 0.2) is 0 Å². The van der Waals surface area contributed by atoms with E-state index >= 15 is 0 Å². The van der Waals surface area contributed by atoms with Crippen molar-refractivity contribution in [3.63, 3.8) is 0 Å². The fraction of sp³-hybridized carbons (Fsp3) is 0.588. The lowest BCUT2D eigenvalue weighted by Crippen LogP contribution is -2.44. The van der Waals surface area contributed by atoms with Crippen LogP contribution in [-0.4, -0.2) is 80.2 Å². The third-order valence-electron chi connectivity index (χ3n) is 5.03. The number of carbonyl (C=O) groups excluding carboxylic acids is 1. The molecule has 1 aromatic rings. The number of rotatable bonds is 4. The fourth-order valence-corrected chi connectivity index (χ4v) is 3.41. The van der Waals surface area contributed by atoms with E-state index in [9.17, 15) is 14.9 Å². The van der Waals surface area contributed by atoms with Crippen LogP contribution < -0.4 is 4.90 Å². The summed E-state index contributed by atoms with van der Waals surface area (Å²) in [7, 11) is 3.67. The Morgan fingerprint density at radius 3 is 2.56 bits per heavy atom. The first kappa shape index (κ1) is 17.6. The molecule has 0 aromatic heterocycles. The summed E-state index contributed by atoms with van der Waals surface area (Å²) in [4.78, 5) is 29.7. The molecule has 0 radical (unpaired) electrons. The van der Waals surface area contributed by atoms with E-state index in [1.807, 2.05) is 11.9 Å². The number of nitrogens with zero attached hydrogens (tertiary/aromatic N) is 4. The van der Waals surface area contributed by atoms with Crippen LogP contribution in [0.3, 0.4) is 0 Å². The van der Waals surface area contributed by atoms with E-state index in [0.717, 1.165) is 32.6 Å². The molecule has 0 N–H and O–H groups in total. The number of piperazine rings is 1. The van der Waals surface area contributed by atoms with Crippen LogP contribution in [0.25, 0.3) is 0 Å². The number of nitro benzene ring substituents is 1. The summed E-state index contributed by atoms with van der Waals surface area (Å²) < 4.78 is 5.28. The Hall–Kier alpha value is -2.19. The van der Waals surface area contributed by atoms with E-state index in [0.29, 0.717) is 24.3 Å². The van der Waals surface area contributed by atoms with Gasteiger partial charge in [-0.3, -0.25) is 14.9 Å². The maximum Gasteiger partial charge on any atom is 0.293 e. The van der Waals surface area contributed by atoms with Crippen molar-refractivity contribution in [3.8, 4) is 0 Å². The Kier molecular flexibility index (Phi) is 5.19. The van der Waals surface area contributed by atoms with Crippen LogP contribution in [0.4, 0.5) is 11.4 Å². The first-order valence-corrected chi connectivity index (χ1v) is 8.53. The first-order valence-electron chi connectivity index (χ1n) is 8.53. The Bertz CT molecular complexity index is 658. The highest BCUT2D eigenvalue weighted by atomic mass is 16.6. The van der Waals surface area contributed by atoms with Crippen molar-refractivity contribution < 1.29 is 14.5 Å². The van der Waals surface area contributed by atoms with Gasteiger partial charge in [0, 0.05) is 58.0 Å². The SMILES string of the molecule is COC1CCN(C(=O)c2ccc(N3CCN(C)CC3)c([N+](=O)[O-])c2)C1. The number of benzene rings is 1. The van der Waals surface area contributed by atoms with Crippen molar-refractivity contribution in [2.45, 2.75) is 12.5 Å². The van der Waals surface area contributed by atoms with Crippen molar-refractivity contribution >= 4 is 17.3 Å². The van der Waals surface area contributed by atoms with Crippen LogP contribution in [0.2, 0.25) is 0 Å². The second-order valence-corrected chi connectivity index (χ2v) is 6.65. The minimum atomic E-state index is -0.396. The number of likely N-dealkylation sites (N-methyl/N-ethyl adjacent to an activating group) is 1. The number of hydrogen-bond donors (Lipinski definition) is 0. The molecule has 1 atom stereocenters. The van der Waals surface area contributed by atoms with Crippen LogP contribution in [0, 0.1) is 10.1 Å². The number of carbonyl (C=O) groups is 1. The van der Waals surface area contributed by atoms with Gasteiger partial charge in [0.05, 0.1) is 11.0 Å². The fourth-order valence-electron chi connectivity index (χ4n) is 3.41. The van der Waals surface area contributed by atoms with Gasteiger partial charge in [-0.05, 0) is 25.6 Å². The minimum absolute atomic E-state index is 0.00195. The van der Waals surface area contributed by atoms with E-state index in [4.69, 9.17) is 4.74 Å². The van der Waals surface area contributed by atoms with Crippen LogP contribution in [0.5, 0.6) is 0 Å². The molecule has 0 spiro atoms. The van der Waals surface area contributed by atoms with Crippen molar-refractivity contribution in [2.24, 2.45) is 0 Å². The molecular formula is C17H24N4O4. The number of nitro groups is 1. The Morgan fingerprint density at radius 1 is 1.24 bits per heavy atom. The molecule has 2 aliphatic heterocycles. The summed E-state index contributed by atoms with van der Waals surface area (Å²) in [5.74, 6) is -0.174. The van der Waals surface area contributed by atoms with Gasteiger partial charge in [-0.15, -0.1) is 0 Å². The summed E-state index contributed by atoms with van der Waals surface area (Å²) >= 11 is 0. The van der Waals surface area contributed by atoms with Gasteiger partial charge in [0.2, 0.25) is 0 Å². The predicted molar refractivity (Wildman–Crippen MR) is 94.1 cm³/mol. The molecule has 2 heterocycles. The second kappa shape index (κ2) is 7.37. The predicted octanol–water partition coefficient (Wildman–Crippen LogP) is 1.21. The zero-order valence-electron chi connectivity index (χ0n) is 14.7. The molecule has 3 rings (SSSR count). The van der Waals surface area contributed by atoms with Gasteiger partial charge in [-0.25, -0.2) is 0 Å². The van der Waals surface area contributed by atoms with Gasteiger partial charge >= 0.3 is 0 Å². The number of hydrogen-bond acceptors (Lipinski definition) is 6. The molecule has 1 aromatic carbocycles. The molecule has 8 nitrogen and oxygen atoms in total. The summed E-state index contributed by atoms with van der Waals surface area (Å²) in [6.07, 6.45) is 0.840. The lowest BCUT2D eigenvalue weighted by molar-refractivity contribution is -0.384. The Labute approximate surface area is 147 Å². The lowest BCUT2D eigenvalue weighted by Gasteiger charge is -2.33. The molecule has 0 bridgehead atoms.